The fraction of sp³-hybridized carbons (Fsp3) is 0.182. The van der Waals surface area contributed by atoms with Crippen molar-refractivity contribution in [3.05, 3.63) is 82.9 Å². The molecule has 3 aromatic rings. The van der Waals surface area contributed by atoms with Crippen LogP contribution in [0.3, 0.4) is 0 Å². The molecular formula is C22H21O2P. The van der Waals surface area contributed by atoms with Gasteiger partial charge in [-0.2, -0.15) is 0 Å². The molecule has 126 valence electrons. The largest absolute Gasteiger partial charge is 0.488 e. The van der Waals surface area contributed by atoms with Crippen molar-refractivity contribution in [2.45, 2.75) is 27.4 Å². The van der Waals surface area contributed by atoms with E-state index in [-0.39, 0.29) is 8.46 Å². The van der Waals surface area contributed by atoms with Crippen molar-refractivity contribution in [2.24, 2.45) is 0 Å². The van der Waals surface area contributed by atoms with Crippen molar-refractivity contribution in [3.8, 4) is 16.9 Å². The van der Waals surface area contributed by atoms with E-state index >= 15 is 0 Å². The van der Waals surface area contributed by atoms with Gasteiger partial charge in [0.15, 0.2) is 8.46 Å². The summed E-state index contributed by atoms with van der Waals surface area (Å²) in [4.78, 5) is 0. The Morgan fingerprint density at radius 2 is 1.60 bits per heavy atom. The molecule has 0 bridgehead atoms. The van der Waals surface area contributed by atoms with Crippen molar-refractivity contribution < 1.29 is 9.30 Å². The van der Waals surface area contributed by atoms with Gasteiger partial charge in [0.1, 0.15) is 12.4 Å². The van der Waals surface area contributed by atoms with E-state index in [0.29, 0.717) is 17.7 Å². The van der Waals surface area contributed by atoms with E-state index in [1.807, 2.05) is 48.5 Å². The predicted octanol–water partition coefficient (Wildman–Crippen LogP) is 5.77. The lowest BCUT2D eigenvalue weighted by Crippen LogP contribution is -2.07. The average molecular weight is 348 g/mol. The van der Waals surface area contributed by atoms with Crippen LogP contribution in [-0.2, 0) is 11.2 Å². The van der Waals surface area contributed by atoms with E-state index in [1.54, 1.807) is 0 Å². The summed E-state index contributed by atoms with van der Waals surface area (Å²) in [6.45, 7) is 6.83. The van der Waals surface area contributed by atoms with Crippen LogP contribution in [0.15, 0.2) is 60.7 Å². The maximum Gasteiger partial charge on any atom is 0.196 e. The SMILES string of the molecule is Cc1ccc(COc2cccc(-c3ccccc3)c2P=O)c(C)c1C. The van der Waals surface area contributed by atoms with Gasteiger partial charge in [0.05, 0.1) is 5.30 Å². The molecule has 0 fully saturated rings. The Labute approximate surface area is 150 Å². The minimum absolute atomic E-state index is 0.0373. The summed E-state index contributed by atoms with van der Waals surface area (Å²) in [6.07, 6.45) is 0. The second kappa shape index (κ2) is 7.63. The molecule has 0 amide bonds. The van der Waals surface area contributed by atoms with Crippen LogP contribution in [0.25, 0.3) is 11.1 Å². The summed E-state index contributed by atoms with van der Waals surface area (Å²) in [5, 5.41) is 0.690. The van der Waals surface area contributed by atoms with Crippen LogP contribution in [-0.4, -0.2) is 0 Å². The van der Waals surface area contributed by atoms with Crippen LogP contribution >= 0.6 is 8.46 Å². The van der Waals surface area contributed by atoms with Gasteiger partial charge in [-0.3, -0.25) is 4.57 Å². The van der Waals surface area contributed by atoms with Gasteiger partial charge in [-0.05, 0) is 54.7 Å². The molecule has 0 radical (unpaired) electrons. The zero-order valence-electron chi connectivity index (χ0n) is 14.7. The Kier molecular flexibility index (Phi) is 5.31. The van der Waals surface area contributed by atoms with Gasteiger partial charge in [-0.1, -0.05) is 54.6 Å². The molecule has 2 nitrogen and oxygen atoms in total. The Balaban J connectivity index is 1.91. The first kappa shape index (κ1) is 17.4. The third-order valence-corrected chi connectivity index (χ3v) is 5.37. The summed E-state index contributed by atoms with van der Waals surface area (Å²) in [6, 6.07) is 20.0. The minimum atomic E-state index is -0.0373. The average Bonchev–Trinajstić information content (AvgIpc) is 2.66. The number of hydrogen-bond donors (Lipinski definition) is 0. The maximum atomic E-state index is 11.8. The lowest BCUT2D eigenvalue weighted by molar-refractivity contribution is 0.308. The molecule has 0 heterocycles. The third-order valence-electron chi connectivity index (χ3n) is 4.73. The normalized spacial score (nSPS) is 10.8. The summed E-state index contributed by atoms with van der Waals surface area (Å²) >= 11 is 0. The monoisotopic (exact) mass is 348 g/mol. The van der Waals surface area contributed by atoms with Crippen LogP contribution in [0.1, 0.15) is 22.3 Å². The lowest BCUT2D eigenvalue weighted by Gasteiger charge is -2.14. The highest BCUT2D eigenvalue weighted by atomic mass is 31.1. The van der Waals surface area contributed by atoms with E-state index in [0.717, 1.165) is 16.7 Å². The van der Waals surface area contributed by atoms with Crippen molar-refractivity contribution in [1.29, 1.82) is 0 Å². The Hall–Kier alpha value is -2.44. The molecule has 3 heteroatoms. The van der Waals surface area contributed by atoms with Gasteiger partial charge in [-0.15, -0.1) is 0 Å². The van der Waals surface area contributed by atoms with E-state index in [4.69, 9.17) is 4.74 Å². The highest BCUT2D eigenvalue weighted by molar-refractivity contribution is 7.35. The van der Waals surface area contributed by atoms with Crippen molar-refractivity contribution in [2.75, 3.05) is 0 Å². The van der Waals surface area contributed by atoms with Gasteiger partial charge < -0.3 is 4.74 Å². The molecule has 0 saturated carbocycles. The number of rotatable bonds is 5. The molecule has 3 aromatic carbocycles. The molecule has 0 aliphatic rings. The Morgan fingerprint density at radius 3 is 2.32 bits per heavy atom. The van der Waals surface area contributed by atoms with Crippen LogP contribution in [0.2, 0.25) is 0 Å². The van der Waals surface area contributed by atoms with Gasteiger partial charge in [0, 0.05) is 5.56 Å². The maximum absolute atomic E-state index is 11.8. The zero-order chi connectivity index (χ0) is 17.8. The van der Waals surface area contributed by atoms with E-state index < -0.39 is 0 Å². The second-order valence-corrected chi connectivity index (χ2v) is 6.82. The standard InChI is InChI=1S/C22H21O2P/c1-15-12-13-19(17(3)16(15)2)14-24-21-11-7-10-20(22(21)25-23)18-8-5-4-6-9-18/h4-13H,14H2,1-3H3. The molecule has 25 heavy (non-hydrogen) atoms. The number of aryl methyl sites for hydroxylation is 1. The number of benzene rings is 3. The zero-order valence-corrected chi connectivity index (χ0v) is 15.6. The quantitative estimate of drug-likeness (QED) is 0.547. The molecule has 0 spiro atoms. The van der Waals surface area contributed by atoms with Crippen molar-refractivity contribution in [3.63, 3.8) is 0 Å². The van der Waals surface area contributed by atoms with Gasteiger partial charge >= 0.3 is 0 Å². The van der Waals surface area contributed by atoms with Crippen LogP contribution in [0, 0.1) is 20.8 Å². The van der Waals surface area contributed by atoms with Crippen LogP contribution < -0.4 is 10.0 Å². The summed E-state index contributed by atoms with van der Waals surface area (Å²) in [7, 11) is -0.0373. The molecule has 0 aromatic heterocycles. The summed E-state index contributed by atoms with van der Waals surface area (Å²) in [5.74, 6) is 0.663. The van der Waals surface area contributed by atoms with Crippen molar-refractivity contribution >= 4 is 13.8 Å². The Morgan fingerprint density at radius 1 is 0.840 bits per heavy atom. The molecule has 0 unspecified atom stereocenters. The van der Waals surface area contributed by atoms with Crippen LogP contribution in [0.5, 0.6) is 5.75 Å². The first-order chi connectivity index (χ1) is 12.1. The van der Waals surface area contributed by atoms with Crippen LogP contribution in [0.4, 0.5) is 0 Å². The van der Waals surface area contributed by atoms with Gasteiger partial charge in [0.25, 0.3) is 0 Å². The molecule has 0 saturated heterocycles. The molecular weight excluding hydrogens is 327 g/mol. The smallest absolute Gasteiger partial charge is 0.196 e. The molecule has 3 rings (SSSR count). The van der Waals surface area contributed by atoms with Gasteiger partial charge in [-0.25, -0.2) is 0 Å². The van der Waals surface area contributed by atoms with Crippen molar-refractivity contribution in [1.82, 2.24) is 0 Å². The molecule has 0 aliphatic heterocycles. The fourth-order valence-corrected chi connectivity index (χ4v) is 3.44. The summed E-state index contributed by atoms with van der Waals surface area (Å²) in [5.41, 5.74) is 6.95. The van der Waals surface area contributed by atoms with E-state index in [1.165, 1.54) is 16.7 Å². The molecule has 0 N–H and O–H groups in total. The fourth-order valence-electron chi connectivity index (χ4n) is 2.91. The third kappa shape index (κ3) is 3.65. The van der Waals surface area contributed by atoms with Gasteiger partial charge in [0.2, 0.25) is 0 Å². The predicted molar refractivity (Wildman–Crippen MR) is 104 cm³/mol. The molecule has 0 aliphatic carbocycles. The number of hydrogen-bond acceptors (Lipinski definition) is 2. The summed E-state index contributed by atoms with van der Waals surface area (Å²) < 4.78 is 17.9. The molecule has 0 atom stereocenters. The lowest BCUT2D eigenvalue weighted by atomic mass is 9.99. The topological polar surface area (TPSA) is 26.3 Å². The first-order valence-corrected chi connectivity index (χ1v) is 9.13. The van der Waals surface area contributed by atoms with E-state index in [2.05, 4.69) is 32.9 Å². The van der Waals surface area contributed by atoms with E-state index in [9.17, 15) is 4.57 Å². The minimum Gasteiger partial charge on any atom is -0.488 e. The number of ether oxygens (including phenoxy) is 1. The highest BCUT2D eigenvalue weighted by Gasteiger charge is 2.12. The first-order valence-electron chi connectivity index (χ1n) is 8.32. The Bertz CT molecular complexity index is 901. The highest BCUT2D eigenvalue weighted by Crippen LogP contribution is 2.26. The second-order valence-electron chi connectivity index (χ2n) is 6.19.